The number of aromatic nitrogens is 3. The molecular weight excluding hydrogens is 739 g/mol. The lowest BCUT2D eigenvalue weighted by Gasteiger charge is -2.23. The first-order valence-corrected chi connectivity index (χ1v) is 21.4. The van der Waals surface area contributed by atoms with E-state index in [-0.39, 0.29) is 10.8 Å². The summed E-state index contributed by atoms with van der Waals surface area (Å²) in [7, 11) is 0. The van der Waals surface area contributed by atoms with Crippen LogP contribution in [0.3, 0.4) is 0 Å². The Morgan fingerprint density at radius 1 is 0.410 bits per heavy atom. The third-order valence-corrected chi connectivity index (χ3v) is 14.1. The summed E-state index contributed by atoms with van der Waals surface area (Å²) in [6, 6.07) is 64.9. The summed E-state index contributed by atoms with van der Waals surface area (Å²) < 4.78 is 2.49. The van der Waals surface area contributed by atoms with E-state index >= 15 is 0 Å². The smallest absolute Gasteiger partial charge is 0.160 e. The van der Waals surface area contributed by atoms with Gasteiger partial charge >= 0.3 is 0 Å². The van der Waals surface area contributed by atoms with Crippen molar-refractivity contribution in [3.05, 3.63) is 198 Å². The van der Waals surface area contributed by atoms with E-state index in [0.717, 1.165) is 45.0 Å². The van der Waals surface area contributed by atoms with Gasteiger partial charge in [0.25, 0.3) is 0 Å². The summed E-state index contributed by atoms with van der Waals surface area (Å²) >= 11 is 0. The zero-order valence-corrected chi connectivity index (χ0v) is 34.6. The maximum absolute atomic E-state index is 5.66. The molecule has 0 amide bonds. The van der Waals surface area contributed by atoms with Gasteiger partial charge in [0.1, 0.15) is 0 Å². The van der Waals surface area contributed by atoms with Gasteiger partial charge < -0.3 is 4.57 Å². The molecule has 11 aromatic rings. The van der Waals surface area contributed by atoms with E-state index in [0.29, 0.717) is 0 Å². The molecule has 2 aromatic heterocycles. The molecule has 0 atom stereocenters. The Morgan fingerprint density at radius 2 is 1.03 bits per heavy atom. The van der Waals surface area contributed by atoms with Crippen LogP contribution in [0, 0.1) is 0 Å². The fourth-order valence-corrected chi connectivity index (χ4v) is 11.1. The Labute approximate surface area is 354 Å². The fourth-order valence-electron chi connectivity index (χ4n) is 11.1. The number of hydrogen-bond acceptors (Lipinski definition) is 2. The minimum Gasteiger partial charge on any atom is -0.309 e. The van der Waals surface area contributed by atoms with Gasteiger partial charge in [-0.25, -0.2) is 9.97 Å². The van der Waals surface area contributed by atoms with Crippen LogP contribution >= 0.6 is 0 Å². The minimum atomic E-state index is -0.311. The lowest BCUT2D eigenvalue weighted by Crippen LogP contribution is -2.18. The second-order valence-electron chi connectivity index (χ2n) is 18.1. The summed E-state index contributed by atoms with van der Waals surface area (Å²) in [5, 5.41) is 9.87. The number of rotatable bonds is 3. The zero-order valence-electron chi connectivity index (χ0n) is 34.6. The van der Waals surface area contributed by atoms with Crippen LogP contribution in [0.25, 0.3) is 105 Å². The van der Waals surface area contributed by atoms with E-state index in [1.54, 1.807) is 0 Å². The molecular formula is C58H41N3. The zero-order chi connectivity index (χ0) is 40.8. The first-order valence-electron chi connectivity index (χ1n) is 21.4. The molecule has 13 rings (SSSR count). The molecule has 61 heavy (non-hydrogen) atoms. The van der Waals surface area contributed by atoms with Crippen molar-refractivity contribution < 1.29 is 0 Å². The van der Waals surface area contributed by atoms with E-state index in [9.17, 15) is 0 Å². The molecule has 0 saturated heterocycles. The van der Waals surface area contributed by atoms with E-state index in [2.05, 4.69) is 208 Å². The van der Waals surface area contributed by atoms with Gasteiger partial charge in [0.05, 0.1) is 28.1 Å². The fraction of sp³-hybridized carbons (Fsp3) is 0.103. The number of nitrogens with zero attached hydrogens (tertiary/aromatic N) is 3. The SMILES string of the molecule is CC1(C)c2ccccc2-c2ccc(-c3nc(-c4ccc(-n5c6cc7ccccc7cc6c6c7ccccc7ccc65)c5ccccc45)c4c(n3)C(C)(C)c3ccccc3-4)cc21. The molecule has 0 aliphatic heterocycles. The van der Waals surface area contributed by atoms with E-state index in [1.165, 1.54) is 82.1 Å². The summed E-state index contributed by atoms with van der Waals surface area (Å²) in [5.41, 5.74) is 16.2. The largest absolute Gasteiger partial charge is 0.309 e. The number of benzene rings is 9. The molecule has 2 aliphatic rings. The van der Waals surface area contributed by atoms with Crippen LogP contribution in [0.4, 0.5) is 0 Å². The maximum atomic E-state index is 5.66. The lowest BCUT2D eigenvalue weighted by atomic mass is 9.82. The Hall–Kier alpha value is -7.36. The Bertz CT molecular complexity index is 3710. The molecule has 0 saturated carbocycles. The van der Waals surface area contributed by atoms with Crippen LogP contribution in [0.1, 0.15) is 50.1 Å². The maximum Gasteiger partial charge on any atom is 0.160 e. The van der Waals surface area contributed by atoms with Crippen LogP contribution in [0.2, 0.25) is 0 Å². The third-order valence-electron chi connectivity index (χ3n) is 14.1. The Morgan fingerprint density at radius 3 is 1.84 bits per heavy atom. The van der Waals surface area contributed by atoms with Crippen molar-refractivity contribution in [1.82, 2.24) is 14.5 Å². The van der Waals surface area contributed by atoms with E-state index in [4.69, 9.17) is 9.97 Å². The molecule has 3 nitrogen and oxygen atoms in total. The highest BCUT2D eigenvalue weighted by atomic mass is 15.0. The normalized spacial score (nSPS) is 14.5. The van der Waals surface area contributed by atoms with Crippen molar-refractivity contribution in [1.29, 1.82) is 0 Å². The summed E-state index contributed by atoms with van der Waals surface area (Å²) in [4.78, 5) is 11.2. The minimum absolute atomic E-state index is 0.131. The molecule has 0 radical (unpaired) electrons. The molecule has 2 aliphatic carbocycles. The van der Waals surface area contributed by atoms with Gasteiger partial charge in [-0.15, -0.1) is 0 Å². The third kappa shape index (κ3) is 4.64. The van der Waals surface area contributed by atoms with Gasteiger partial charge in [-0.1, -0.05) is 173 Å². The van der Waals surface area contributed by atoms with Gasteiger partial charge in [0.2, 0.25) is 0 Å². The average Bonchev–Trinajstić information content (AvgIpc) is 3.84. The molecule has 0 N–H and O–H groups in total. The van der Waals surface area contributed by atoms with Crippen LogP contribution in [-0.2, 0) is 10.8 Å². The first kappa shape index (κ1) is 34.5. The second kappa shape index (κ2) is 12.1. The van der Waals surface area contributed by atoms with Crippen molar-refractivity contribution in [3.63, 3.8) is 0 Å². The predicted octanol–water partition coefficient (Wildman–Crippen LogP) is 15.0. The van der Waals surface area contributed by atoms with Crippen LogP contribution in [0.15, 0.2) is 176 Å². The van der Waals surface area contributed by atoms with Crippen molar-refractivity contribution in [2.75, 3.05) is 0 Å². The van der Waals surface area contributed by atoms with Gasteiger partial charge in [0, 0.05) is 43.7 Å². The molecule has 288 valence electrons. The quantitative estimate of drug-likeness (QED) is 0.179. The summed E-state index contributed by atoms with van der Waals surface area (Å²) in [6.45, 7) is 9.31. The number of fused-ring (bicyclic) bond motifs is 13. The van der Waals surface area contributed by atoms with Gasteiger partial charge in [-0.3, -0.25) is 0 Å². The van der Waals surface area contributed by atoms with Crippen molar-refractivity contribution in [2.24, 2.45) is 0 Å². The Balaban J connectivity index is 1.09. The monoisotopic (exact) mass is 779 g/mol. The highest BCUT2D eigenvalue weighted by Crippen LogP contribution is 2.54. The van der Waals surface area contributed by atoms with Crippen molar-refractivity contribution in [2.45, 2.75) is 38.5 Å². The van der Waals surface area contributed by atoms with Crippen molar-refractivity contribution in [3.8, 4) is 50.6 Å². The molecule has 3 heteroatoms. The topological polar surface area (TPSA) is 30.7 Å². The summed E-state index contributed by atoms with van der Waals surface area (Å²) in [6.07, 6.45) is 0. The first-order chi connectivity index (χ1) is 29.8. The molecule has 0 bridgehead atoms. The highest BCUT2D eigenvalue weighted by Gasteiger charge is 2.41. The van der Waals surface area contributed by atoms with Crippen LogP contribution in [0.5, 0.6) is 0 Å². The summed E-state index contributed by atoms with van der Waals surface area (Å²) in [5.74, 6) is 0.762. The van der Waals surface area contributed by atoms with Crippen molar-refractivity contribution >= 4 is 54.1 Å². The average molecular weight is 780 g/mol. The molecule has 0 spiro atoms. The van der Waals surface area contributed by atoms with Gasteiger partial charge in [0.15, 0.2) is 5.82 Å². The Kier molecular flexibility index (Phi) is 6.85. The second-order valence-corrected chi connectivity index (χ2v) is 18.1. The van der Waals surface area contributed by atoms with E-state index < -0.39 is 0 Å². The van der Waals surface area contributed by atoms with Gasteiger partial charge in [-0.2, -0.15) is 0 Å². The van der Waals surface area contributed by atoms with Gasteiger partial charge in [-0.05, 0) is 90.6 Å². The van der Waals surface area contributed by atoms with Crippen LogP contribution < -0.4 is 0 Å². The molecule has 2 heterocycles. The van der Waals surface area contributed by atoms with E-state index in [1.807, 2.05) is 0 Å². The standard InChI is InChI=1S/C58H41N3/c1-57(2)46-23-13-11-20-40(46)41-27-25-37(32-48(41)57)56-59-54(53-44-22-12-14-24-47(44)58(3,4)55(53)60-56)43-28-30-49(42-21-10-9-19-39(42)43)61-50-29-26-34-15-7-8-18-38(34)52(50)45-31-35-16-5-6-17-36(35)33-51(45)61/h5-33H,1-4H3. The lowest BCUT2D eigenvalue weighted by molar-refractivity contribution is 0.636. The molecule has 0 fully saturated rings. The van der Waals surface area contributed by atoms with Crippen LogP contribution in [-0.4, -0.2) is 14.5 Å². The molecule has 9 aromatic carbocycles. The highest BCUT2D eigenvalue weighted by molar-refractivity contribution is 6.24. The predicted molar refractivity (Wildman–Crippen MR) is 255 cm³/mol. The molecule has 0 unspecified atom stereocenters. The number of hydrogen-bond donors (Lipinski definition) is 0.